The minimum atomic E-state index is -0.211. The smallest absolute Gasteiger partial charge is 0.228 e. The molecule has 1 fully saturated rings. The summed E-state index contributed by atoms with van der Waals surface area (Å²) in [5.74, 6) is -0.550. The van der Waals surface area contributed by atoms with Gasteiger partial charge in [-0.2, -0.15) is 0 Å². The largest absolute Gasteiger partial charge is 0.383 e. The molecule has 20 heavy (non-hydrogen) atoms. The lowest BCUT2D eigenvalue weighted by Crippen LogP contribution is -2.30. The minimum absolute atomic E-state index is 0.0630. The Balaban J connectivity index is 1.81. The molecule has 5 nitrogen and oxygen atoms in total. The average molecular weight is 276 g/mol. The first-order chi connectivity index (χ1) is 9.63. The van der Waals surface area contributed by atoms with Crippen molar-refractivity contribution >= 4 is 17.5 Å². The summed E-state index contributed by atoms with van der Waals surface area (Å²) < 4.78 is 4.86. The Morgan fingerprint density at radius 3 is 2.65 bits per heavy atom. The number of hydrogen-bond acceptors (Lipinski definition) is 3. The number of hydrogen-bond donors (Lipinski definition) is 2. The van der Waals surface area contributed by atoms with Gasteiger partial charge in [0.05, 0.1) is 18.4 Å². The Hall–Kier alpha value is -1.88. The summed E-state index contributed by atoms with van der Waals surface area (Å²) in [7, 11) is 1.59. The van der Waals surface area contributed by atoms with Crippen LogP contribution in [0, 0.1) is 18.8 Å². The number of nitrogens with one attached hydrogen (secondary N) is 2. The molecule has 2 amide bonds. The van der Waals surface area contributed by atoms with Gasteiger partial charge in [0, 0.05) is 19.3 Å². The lowest BCUT2D eigenvalue weighted by atomic mass is 10.2. The molecule has 5 heteroatoms. The number of rotatable bonds is 6. The van der Waals surface area contributed by atoms with Gasteiger partial charge in [-0.05, 0) is 25.0 Å². The number of methoxy groups -OCH3 is 1. The number of ether oxygens (including phenoxy) is 1. The molecule has 2 rings (SSSR count). The molecule has 2 unspecified atom stereocenters. The van der Waals surface area contributed by atoms with Crippen LogP contribution in [0.2, 0.25) is 0 Å². The van der Waals surface area contributed by atoms with E-state index in [-0.39, 0.29) is 23.7 Å². The standard InChI is InChI=1S/C15H20N2O3/c1-10-5-3-4-6-13(10)17-15(19)12-9-11(12)14(18)16-7-8-20-2/h3-6,11-12H,7-9H2,1-2H3,(H,16,18)(H,17,19). The third-order valence-corrected chi connectivity index (χ3v) is 3.47. The quantitative estimate of drug-likeness (QED) is 0.770. The molecule has 0 bridgehead atoms. The predicted molar refractivity (Wildman–Crippen MR) is 76.3 cm³/mol. The molecule has 2 atom stereocenters. The molecular weight excluding hydrogens is 256 g/mol. The fraction of sp³-hybridized carbons (Fsp3) is 0.467. The fourth-order valence-corrected chi connectivity index (χ4v) is 2.12. The van der Waals surface area contributed by atoms with E-state index in [1.54, 1.807) is 7.11 Å². The van der Waals surface area contributed by atoms with Gasteiger partial charge in [-0.3, -0.25) is 9.59 Å². The maximum Gasteiger partial charge on any atom is 0.228 e. The normalized spacial score (nSPS) is 20.3. The zero-order valence-electron chi connectivity index (χ0n) is 11.8. The van der Waals surface area contributed by atoms with E-state index >= 15 is 0 Å². The topological polar surface area (TPSA) is 67.4 Å². The minimum Gasteiger partial charge on any atom is -0.383 e. The third kappa shape index (κ3) is 3.57. The van der Waals surface area contributed by atoms with E-state index in [9.17, 15) is 9.59 Å². The van der Waals surface area contributed by atoms with Gasteiger partial charge in [0.25, 0.3) is 0 Å². The van der Waals surface area contributed by atoms with E-state index in [4.69, 9.17) is 4.74 Å². The van der Waals surface area contributed by atoms with Gasteiger partial charge in [-0.1, -0.05) is 18.2 Å². The van der Waals surface area contributed by atoms with Crippen LogP contribution < -0.4 is 10.6 Å². The van der Waals surface area contributed by atoms with Crippen molar-refractivity contribution in [1.82, 2.24) is 5.32 Å². The number of carbonyl (C=O) groups is 2. The highest BCUT2D eigenvalue weighted by molar-refractivity contribution is 5.99. The lowest BCUT2D eigenvalue weighted by Gasteiger charge is -2.08. The average Bonchev–Trinajstić information content (AvgIpc) is 3.22. The second-order valence-electron chi connectivity index (χ2n) is 5.04. The van der Waals surface area contributed by atoms with E-state index in [2.05, 4.69) is 10.6 Å². The molecule has 1 aromatic carbocycles. The number of amides is 2. The van der Waals surface area contributed by atoms with E-state index in [1.165, 1.54) is 0 Å². The van der Waals surface area contributed by atoms with Crippen LogP contribution in [0.4, 0.5) is 5.69 Å². The molecule has 108 valence electrons. The second-order valence-corrected chi connectivity index (χ2v) is 5.04. The maximum atomic E-state index is 12.1. The Bertz CT molecular complexity index is 502. The molecular formula is C15H20N2O3. The van der Waals surface area contributed by atoms with Crippen molar-refractivity contribution in [2.45, 2.75) is 13.3 Å². The second kappa shape index (κ2) is 6.52. The first-order valence-corrected chi connectivity index (χ1v) is 6.76. The Morgan fingerprint density at radius 2 is 1.95 bits per heavy atom. The van der Waals surface area contributed by atoms with Crippen LogP contribution >= 0.6 is 0 Å². The first-order valence-electron chi connectivity index (χ1n) is 6.76. The number of aryl methyl sites for hydroxylation is 1. The highest BCUT2D eigenvalue weighted by atomic mass is 16.5. The third-order valence-electron chi connectivity index (χ3n) is 3.47. The van der Waals surface area contributed by atoms with Gasteiger partial charge >= 0.3 is 0 Å². The van der Waals surface area contributed by atoms with Crippen molar-refractivity contribution in [3.63, 3.8) is 0 Å². The van der Waals surface area contributed by atoms with Gasteiger partial charge < -0.3 is 15.4 Å². The van der Waals surface area contributed by atoms with Crippen molar-refractivity contribution in [2.75, 3.05) is 25.6 Å². The van der Waals surface area contributed by atoms with E-state index < -0.39 is 0 Å². The van der Waals surface area contributed by atoms with Crippen LogP contribution in [0.3, 0.4) is 0 Å². The summed E-state index contributed by atoms with van der Waals surface area (Å²) in [5.41, 5.74) is 1.82. The molecule has 1 aliphatic carbocycles. The highest BCUT2D eigenvalue weighted by Gasteiger charge is 2.47. The Labute approximate surface area is 118 Å². The van der Waals surface area contributed by atoms with Crippen molar-refractivity contribution in [1.29, 1.82) is 0 Å². The Morgan fingerprint density at radius 1 is 1.25 bits per heavy atom. The molecule has 1 aliphatic rings. The summed E-state index contributed by atoms with van der Waals surface area (Å²) in [6.07, 6.45) is 0.622. The van der Waals surface area contributed by atoms with Crippen molar-refractivity contribution < 1.29 is 14.3 Å². The van der Waals surface area contributed by atoms with Gasteiger partial charge in [-0.25, -0.2) is 0 Å². The molecule has 1 saturated carbocycles. The van der Waals surface area contributed by atoms with Gasteiger partial charge in [-0.15, -0.1) is 0 Å². The van der Waals surface area contributed by atoms with Crippen molar-refractivity contribution in [2.24, 2.45) is 11.8 Å². The van der Waals surface area contributed by atoms with Crippen molar-refractivity contribution in [3.05, 3.63) is 29.8 Å². The molecule has 2 N–H and O–H groups in total. The lowest BCUT2D eigenvalue weighted by molar-refractivity contribution is -0.125. The van der Waals surface area contributed by atoms with E-state index in [0.717, 1.165) is 11.3 Å². The summed E-state index contributed by atoms with van der Waals surface area (Å²) in [6, 6.07) is 7.61. The number of carbonyl (C=O) groups excluding carboxylic acids is 2. The number of anilines is 1. The van der Waals surface area contributed by atoms with E-state index in [1.807, 2.05) is 31.2 Å². The number of benzene rings is 1. The molecule has 0 radical (unpaired) electrons. The fourth-order valence-electron chi connectivity index (χ4n) is 2.12. The zero-order chi connectivity index (χ0) is 14.5. The van der Waals surface area contributed by atoms with Gasteiger partial charge in [0.2, 0.25) is 11.8 Å². The van der Waals surface area contributed by atoms with Crippen molar-refractivity contribution in [3.8, 4) is 0 Å². The van der Waals surface area contributed by atoms with Crippen LogP contribution in [-0.4, -0.2) is 32.1 Å². The Kier molecular flexibility index (Phi) is 4.74. The molecule has 0 heterocycles. The molecule has 0 aliphatic heterocycles. The number of para-hydroxylation sites is 1. The molecule has 1 aromatic rings. The molecule has 0 aromatic heterocycles. The monoisotopic (exact) mass is 276 g/mol. The summed E-state index contributed by atoms with van der Waals surface area (Å²) >= 11 is 0. The van der Waals surface area contributed by atoms with Gasteiger partial charge in [0.1, 0.15) is 0 Å². The molecule has 0 spiro atoms. The SMILES string of the molecule is COCCNC(=O)C1CC1C(=O)Nc1ccccc1C. The van der Waals surface area contributed by atoms with Crippen LogP contribution in [0.1, 0.15) is 12.0 Å². The molecule has 0 saturated heterocycles. The van der Waals surface area contributed by atoms with Crippen LogP contribution in [0.15, 0.2) is 24.3 Å². The van der Waals surface area contributed by atoms with E-state index in [0.29, 0.717) is 19.6 Å². The summed E-state index contributed by atoms with van der Waals surface area (Å²) in [4.78, 5) is 23.8. The van der Waals surface area contributed by atoms with Crippen LogP contribution in [0.5, 0.6) is 0 Å². The van der Waals surface area contributed by atoms with Gasteiger partial charge in [0.15, 0.2) is 0 Å². The summed E-state index contributed by atoms with van der Waals surface area (Å²) in [6.45, 7) is 2.91. The predicted octanol–water partition coefficient (Wildman–Crippen LogP) is 1.33. The first kappa shape index (κ1) is 14.5. The summed E-state index contributed by atoms with van der Waals surface area (Å²) in [5, 5.41) is 5.64. The highest BCUT2D eigenvalue weighted by Crippen LogP contribution is 2.39. The zero-order valence-corrected chi connectivity index (χ0v) is 11.8. The maximum absolute atomic E-state index is 12.1. The van der Waals surface area contributed by atoms with Crippen LogP contribution in [-0.2, 0) is 14.3 Å². The van der Waals surface area contributed by atoms with Crippen LogP contribution in [0.25, 0.3) is 0 Å².